The predicted octanol–water partition coefficient (Wildman–Crippen LogP) is 22.3. The lowest BCUT2D eigenvalue weighted by Gasteiger charge is -2.46. The molecule has 2 aliphatic carbocycles. The molecule has 0 aliphatic heterocycles. The number of fused-ring (bicyclic) bond motifs is 20. The second kappa shape index (κ2) is 17.4. The molecule has 0 N–H and O–H groups in total. The molecule has 2 unspecified atom stereocenters. The summed E-state index contributed by atoms with van der Waals surface area (Å²) >= 11 is 0. The first kappa shape index (κ1) is 47.0. The molecular formula is C80H52N2O2. The van der Waals surface area contributed by atoms with Gasteiger partial charge in [-0.3, -0.25) is 0 Å². The van der Waals surface area contributed by atoms with Gasteiger partial charge in [-0.2, -0.15) is 0 Å². The van der Waals surface area contributed by atoms with Gasteiger partial charge in [0.2, 0.25) is 0 Å². The zero-order valence-electron chi connectivity index (χ0n) is 46.3. The van der Waals surface area contributed by atoms with Crippen LogP contribution in [0.4, 0.5) is 34.1 Å². The van der Waals surface area contributed by atoms with Crippen LogP contribution >= 0.6 is 0 Å². The molecule has 0 saturated carbocycles. The van der Waals surface area contributed by atoms with Crippen LogP contribution in [0.3, 0.4) is 0 Å². The van der Waals surface area contributed by atoms with Crippen molar-refractivity contribution < 1.29 is 8.83 Å². The van der Waals surface area contributed by atoms with Crippen LogP contribution in [0.1, 0.15) is 36.1 Å². The number of nitrogens with zero attached hydrogens (tertiary/aromatic N) is 2. The Morgan fingerprint density at radius 3 is 1.01 bits per heavy atom. The molecule has 4 heteroatoms. The largest absolute Gasteiger partial charge is 0.454 e. The molecule has 0 saturated heterocycles. The molecule has 0 radical (unpaired) electrons. The van der Waals surface area contributed by atoms with Crippen molar-refractivity contribution in [1.29, 1.82) is 0 Å². The molecule has 0 spiro atoms. The Morgan fingerprint density at radius 1 is 0.250 bits per heavy atom. The number of hydrogen-bond donors (Lipinski definition) is 0. The Hall–Kier alpha value is -10.7. The van der Waals surface area contributed by atoms with E-state index in [9.17, 15) is 0 Å². The van der Waals surface area contributed by atoms with Gasteiger partial charge in [0.1, 0.15) is 11.2 Å². The van der Waals surface area contributed by atoms with E-state index in [-0.39, 0.29) is 0 Å². The van der Waals surface area contributed by atoms with E-state index in [1.807, 2.05) is 0 Å². The topological polar surface area (TPSA) is 32.8 Å². The molecule has 2 atom stereocenters. The average molecular weight is 1070 g/mol. The van der Waals surface area contributed by atoms with E-state index in [2.05, 4.69) is 303 Å². The number of rotatable bonds is 7. The molecule has 2 aromatic heterocycles. The summed E-state index contributed by atoms with van der Waals surface area (Å²) in [6.45, 7) is 5.15. The summed E-state index contributed by atoms with van der Waals surface area (Å²) in [7, 11) is 0. The second-order valence-electron chi connectivity index (χ2n) is 23.2. The molecule has 0 bridgehead atoms. The fourth-order valence-corrected chi connectivity index (χ4v) is 15.5. The van der Waals surface area contributed by atoms with Crippen molar-refractivity contribution in [2.75, 3.05) is 9.80 Å². The first-order valence-corrected chi connectivity index (χ1v) is 29.2. The highest BCUT2D eigenvalue weighted by atomic mass is 16.3. The first-order valence-electron chi connectivity index (χ1n) is 29.2. The van der Waals surface area contributed by atoms with Gasteiger partial charge in [-0.05, 0) is 137 Å². The van der Waals surface area contributed by atoms with Gasteiger partial charge < -0.3 is 18.6 Å². The Kier molecular flexibility index (Phi) is 9.75. The van der Waals surface area contributed by atoms with E-state index in [4.69, 9.17) is 8.83 Å². The summed E-state index contributed by atoms with van der Waals surface area (Å²) < 4.78 is 14.0. The van der Waals surface area contributed by atoms with Crippen LogP contribution in [0.5, 0.6) is 0 Å². The Balaban J connectivity index is 0.994. The first-order chi connectivity index (χ1) is 41.5. The van der Waals surface area contributed by atoms with Crippen LogP contribution < -0.4 is 9.80 Å². The lowest BCUT2D eigenvalue weighted by atomic mass is 9.56. The fourth-order valence-electron chi connectivity index (χ4n) is 15.5. The zero-order chi connectivity index (χ0) is 55.4. The molecule has 394 valence electrons. The average Bonchev–Trinajstić information content (AvgIpc) is 1.50. The highest BCUT2D eigenvalue weighted by Gasteiger charge is 2.59. The van der Waals surface area contributed by atoms with Crippen LogP contribution in [0.15, 0.2) is 288 Å². The lowest BCUT2D eigenvalue weighted by Crippen LogP contribution is -2.44. The fraction of sp³-hybridized carbons (Fsp3) is 0.0500. The highest BCUT2D eigenvalue weighted by molar-refractivity contribution is 6.20. The Bertz CT molecular complexity index is 5100. The van der Waals surface area contributed by atoms with Gasteiger partial charge in [-0.15, -0.1) is 0 Å². The summed E-state index contributed by atoms with van der Waals surface area (Å²) in [5, 5.41) is 14.0. The van der Waals surface area contributed by atoms with E-state index < -0.39 is 10.8 Å². The van der Waals surface area contributed by atoms with Crippen molar-refractivity contribution in [3.63, 3.8) is 0 Å². The third kappa shape index (κ3) is 6.21. The summed E-state index contributed by atoms with van der Waals surface area (Å²) in [6.07, 6.45) is 0. The van der Waals surface area contributed by atoms with Crippen molar-refractivity contribution in [1.82, 2.24) is 0 Å². The van der Waals surface area contributed by atoms with Crippen LogP contribution in [-0.2, 0) is 10.8 Å². The lowest BCUT2D eigenvalue weighted by molar-refractivity contribution is 0.376. The van der Waals surface area contributed by atoms with E-state index in [1.165, 1.54) is 76.8 Å². The molecule has 84 heavy (non-hydrogen) atoms. The maximum atomic E-state index is 6.98. The minimum atomic E-state index is -0.716. The Labute approximate surface area is 485 Å². The van der Waals surface area contributed by atoms with Gasteiger partial charge in [-0.25, -0.2) is 0 Å². The number of benzene rings is 14. The molecule has 2 heterocycles. The summed E-state index contributed by atoms with van der Waals surface area (Å²) in [4.78, 5) is 4.92. The highest BCUT2D eigenvalue weighted by Crippen LogP contribution is 2.69. The molecule has 14 aromatic carbocycles. The van der Waals surface area contributed by atoms with E-state index in [0.717, 1.165) is 88.8 Å². The van der Waals surface area contributed by atoms with Crippen molar-refractivity contribution in [2.45, 2.75) is 24.7 Å². The quantitative estimate of drug-likeness (QED) is 0.159. The van der Waals surface area contributed by atoms with Crippen molar-refractivity contribution in [3.05, 3.63) is 301 Å². The third-order valence-corrected chi connectivity index (χ3v) is 19.3. The molecule has 0 amide bonds. The normalized spacial score (nSPS) is 16.1. The number of furan rings is 2. The summed E-state index contributed by atoms with van der Waals surface area (Å²) in [5.74, 6) is 0. The number of para-hydroxylation sites is 6. The maximum Gasteiger partial charge on any atom is 0.159 e. The van der Waals surface area contributed by atoms with Gasteiger partial charge in [0.25, 0.3) is 0 Å². The SMILES string of the molecule is CC1(C2(C)c3ccc4ccccc4c3-c3c2cc(N(c2ccccc2)c2cccc4c2oc2ccccc24)c2ccccc32)c2ccc3ccccc3c2-c2c1cc(N(c1ccccc1)c1cccc3c1oc1ccccc13)c1ccccc21. The van der Waals surface area contributed by atoms with Gasteiger partial charge >= 0.3 is 0 Å². The summed E-state index contributed by atoms with van der Waals surface area (Å²) in [6, 6.07) is 103. The van der Waals surface area contributed by atoms with E-state index >= 15 is 0 Å². The molecule has 16 aromatic rings. The van der Waals surface area contributed by atoms with Gasteiger partial charge in [0, 0.05) is 54.5 Å². The van der Waals surface area contributed by atoms with Crippen molar-refractivity contribution in [3.8, 4) is 22.3 Å². The molecule has 0 fully saturated rings. The van der Waals surface area contributed by atoms with Crippen LogP contribution in [0.2, 0.25) is 0 Å². The molecule has 4 nitrogen and oxygen atoms in total. The predicted molar refractivity (Wildman–Crippen MR) is 351 cm³/mol. The van der Waals surface area contributed by atoms with Crippen LogP contribution in [-0.4, -0.2) is 0 Å². The van der Waals surface area contributed by atoms with Crippen LogP contribution in [0, 0.1) is 0 Å². The standard InChI is InChI=1S/C80H52N2O2/c1-79(63-45-43-49-23-9-11-29-53(49)73(63)75-59-35-15-13-31-55(59)69(47-65(75)79)81(51-25-5-3-6-26-51)67-39-21-37-61-57-33-17-19-41-71(57)83-77(61)67)80(2)64-46-44-50-24-10-12-30-54(50)74(64)76-60-36-16-14-32-56(60)70(48-66(76)80)82(52-27-7-4-8-28-52)68-40-22-38-62-58-34-18-20-42-72(58)84-78(62)68/h3-48H,1-2H3. The van der Waals surface area contributed by atoms with Crippen molar-refractivity contribution >= 4 is 121 Å². The van der Waals surface area contributed by atoms with Gasteiger partial charge in [-0.1, -0.05) is 232 Å². The second-order valence-corrected chi connectivity index (χ2v) is 23.2. The molecule has 2 aliphatic rings. The van der Waals surface area contributed by atoms with E-state index in [0.29, 0.717) is 0 Å². The zero-order valence-corrected chi connectivity index (χ0v) is 46.3. The maximum absolute atomic E-state index is 6.98. The van der Waals surface area contributed by atoms with Gasteiger partial charge in [0.15, 0.2) is 11.2 Å². The molecule has 18 rings (SSSR count). The minimum Gasteiger partial charge on any atom is -0.454 e. The van der Waals surface area contributed by atoms with Crippen molar-refractivity contribution in [2.24, 2.45) is 0 Å². The Morgan fingerprint density at radius 2 is 0.583 bits per heavy atom. The monoisotopic (exact) mass is 1070 g/mol. The smallest absolute Gasteiger partial charge is 0.159 e. The number of hydrogen-bond acceptors (Lipinski definition) is 4. The van der Waals surface area contributed by atoms with E-state index in [1.54, 1.807) is 0 Å². The third-order valence-electron chi connectivity index (χ3n) is 19.3. The minimum absolute atomic E-state index is 0.716. The summed E-state index contributed by atoms with van der Waals surface area (Å²) in [5.41, 5.74) is 18.5. The van der Waals surface area contributed by atoms with Crippen LogP contribution in [0.25, 0.3) is 109 Å². The number of anilines is 6. The molecular weight excluding hydrogens is 1020 g/mol. The van der Waals surface area contributed by atoms with Gasteiger partial charge in [0.05, 0.1) is 22.7 Å².